The summed E-state index contributed by atoms with van der Waals surface area (Å²) in [6, 6.07) is 7.09. The second-order valence-corrected chi connectivity index (χ2v) is 6.82. The third-order valence-electron chi connectivity index (χ3n) is 4.18. The number of methoxy groups -OCH3 is 2. The number of amides is 2. The summed E-state index contributed by atoms with van der Waals surface area (Å²) in [5.41, 5.74) is 0.383. The summed E-state index contributed by atoms with van der Waals surface area (Å²) < 4.78 is 18.1. The minimum atomic E-state index is -0.543. The van der Waals surface area contributed by atoms with Gasteiger partial charge >= 0.3 is 6.03 Å². The van der Waals surface area contributed by atoms with E-state index < -0.39 is 5.60 Å². The van der Waals surface area contributed by atoms with Crippen LogP contribution in [0.4, 0.5) is 10.6 Å². The number of urea groups is 1. The van der Waals surface area contributed by atoms with Crippen LogP contribution in [0.3, 0.4) is 0 Å². The van der Waals surface area contributed by atoms with E-state index in [4.69, 9.17) is 14.2 Å². The lowest BCUT2D eigenvalue weighted by Gasteiger charge is -2.29. The van der Waals surface area contributed by atoms with Crippen LogP contribution in [0.15, 0.2) is 24.3 Å². The van der Waals surface area contributed by atoms with E-state index in [2.05, 4.69) is 10.4 Å². The molecule has 0 bridgehead atoms. The molecule has 2 amide bonds. The number of nitrogens with zero attached hydrogens (tertiary/aromatic N) is 3. The molecule has 1 aromatic heterocycles. The lowest BCUT2D eigenvalue weighted by Crippen LogP contribution is -2.45. The Morgan fingerprint density at radius 2 is 2.04 bits per heavy atom. The number of fused-ring (bicyclic) bond motifs is 1. The number of carbonyl (C=O) groups is 1. The second-order valence-electron chi connectivity index (χ2n) is 6.82. The largest absolute Gasteiger partial charge is 0.497 e. The van der Waals surface area contributed by atoms with Gasteiger partial charge in [-0.25, -0.2) is 9.48 Å². The number of hydrogen-bond donors (Lipinski definition) is 1. The predicted octanol–water partition coefficient (Wildman–Crippen LogP) is 2.64. The van der Waals surface area contributed by atoms with Gasteiger partial charge in [-0.15, -0.1) is 5.10 Å². The first-order valence-electron chi connectivity index (χ1n) is 8.31. The van der Waals surface area contributed by atoms with Gasteiger partial charge in [-0.1, -0.05) is 0 Å². The maximum atomic E-state index is 12.8. The molecule has 3 rings (SSSR count). The number of aromatic nitrogens is 2. The predicted molar refractivity (Wildman–Crippen MR) is 96.9 cm³/mol. The number of rotatable bonds is 3. The standard InChI is InChI=1S/C18H24N4O4/c1-18(2)11-22(10-12-6-7-13(24-4)8-14(12)26-18)17(23)19-15-9-16(25-5)20-21(15)3/h6-9H,10-11H2,1-5H3,(H,19,23). The van der Waals surface area contributed by atoms with Gasteiger partial charge < -0.3 is 19.1 Å². The molecule has 1 aliphatic heterocycles. The normalized spacial score (nSPS) is 15.5. The first-order chi connectivity index (χ1) is 12.3. The molecule has 8 heteroatoms. The number of anilines is 1. The van der Waals surface area contributed by atoms with Crippen LogP contribution in [0.25, 0.3) is 0 Å². The third-order valence-corrected chi connectivity index (χ3v) is 4.18. The van der Waals surface area contributed by atoms with E-state index in [1.54, 1.807) is 29.8 Å². The van der Waals surface area contributed by atoms with E-state index >= 15 is 0 Å². The maximum absolute atomic E-state index is 12.8. The van der Waals surface area contributed by atoms with Crippen molar-refractivity contribution in [2.45, 2.75) is 26.0 Å². The molecule has 1 aromatic carbocycles. The maximum Gasteiger partial charge on any atom is 0.323 e. The molecule has 0 radical (unpaired) electrons. The zero-order valence-electron chi connectivity index (χ0n) is 15.7. The lowest BCUT2D eigenvalue weighted by molar-refractivity contribution is 0.0832. The highest BCUT2D eigenvalue weighted by Crippen LogP contribution is 2.32. The van der Waals surface area contributed by atoms with Crippen molar-refractivity contribution in [3.8, 4) is 17.4 Å². The number of aryl methyl sites for hydroxylation is 1. The number of benzene rings is 1. The van der Waals surface area contributed by atoms with Gasteiger partial charge in [-0.3, -0.25) is 5.32 Å². The molecule has 1 N–H and O–H groups in total. The van der Waals surface area contributed by atoms with Gasteiger partial charge in [0.1, 0.15) is 22.9 Å². The Morgan fingerprint density at radius 1 is 1.27 bits per heavy atom. The monoisotopic (exact) mass is 360 g/mol. The van der Waals surface area contributed by atoms with Crippen molar-refractivity contribution >= 4 is 11.8 Å². The van der Waals surface area contributed by atoms with E-state index in [0.29, 0.717) is 24.8 Å². The molecule has 0 atom stereocenters. The highest BCUT2D eigenvalue weighted by atomic mass is 16.5. The number of hydrogen-bond acceptors (Lipinski definition) is 5. The van der Waals surface area contributed by atoms with Crippen molar-refractivity contribution in [1.29, 1.82) is 0 Å². The van der Waals surface area contributed by atoms with Gasteiger partial charge in [0, 0.05) is 24.7 Å². The van der Waals surface area contributed by atoms with Gasteiger partial charge in [0.15, 0.2) is 0 Å². The van der Waals surface area contributed by atoms with Crippen LogP contribution in [0, 0.1) is 0 Å². The molecule has 0 saturated heterocycles. The fraction of sp³-hybridized carbons (Fsp3) is 0.444. The molecular weight excluding hydrogens is 336 g/mol. The molecule has 0 aliphatic carbocycles. The van der Waals surface area contributed by atoms with Crippen LogP contribution < -0.4 is 19.5 Å². The summed E-state index contributed by atoms with van der Waals surface area (Å²) in [7, 11) is 4.90. The Balaban J connectivity index is 1.84. The average Bonchev–Trinajstić information content (AvgIpc) is 2.87. The smallest absolute Gasteiger partial charge is 0.323 e. The summed E-state index contributed by atoms with van der Waals surface area (Å²) in [5, 5.41) is 7.03. The highest BCUT2D eigenvalue weighted by molar-refractivity contribution is 5.88. The summed E-state index contributed by atoms with van der Waals surface area (Å²) in [6.45, 7) is 4.78. The Morgan fingerprint density at radius 3 is 2.69 bits per heavy atom. The fourth-order valence-corrected chi connectivity index (χ4v) is 2.93. The Labute approximate surface area is 152 Å². The Hall–Kier alpha value is -2.90. The molecule has 0 spiro atoms. The highest BCUT2D eigenvalue weighted by Gasteiger charge is 2.32. The molecule has 2 aromatic rings. The molecule has 2 heterocycles. The Bertz CT molecular complexity index is 816. The van der Waals surface area contributed by atoms with Crippen molar-refractivity contribution in [3.05, 3.63) is 29.8 Å². The molecule has 140 valence electrons. The molecule has 8 nitrogen and oxygen atoms in total. The van der Waals surface area contributed by atoms with Gasteiger partial charge in [0.05, 0.1) is 27.3 Å². The lowest BCUT2D eigenvalue weighted by atomic mass is 10.1. The van der Waals surface area contributed by atoms with Crippen LogP contribution in [-0.2, 0) is 13.6 Å². The summed E-state index contributed by atoms with van der Waals surface area (Å²) >= 11 is 0. The van der Waals surface area contributed by atoms with Crippen molar-refractivity contribution < 1.29 is 19.0 Å². The van der Waals surface area contributed by atoms with E-state index in [1.807, 2.05) is 32.0 Å². The van der Waals surface area contributed by atoms with Gasteiger partial charge in [-0.2, -0.15) is 0 Å². The first kappa shape index (κ1) is 17.9. The minimum Gasteiger partial charge on any atom is -0.497 e. The zero-order valence-corrected chi connectivity index (χ0v) is 15.7. The molecule has 0 saturated carbocycles. The van der Waals surface area contributed by atoms with Crippen LogP contribution >= 0.6 is 0 Å². The van der Waals surface area contributed by atoms with Crippen LogP contribution in [0.5, 0.6) is 17.4 Å². The van der Waals surface area contributed by atoms with Crippen LogP contribution in [0.1, 0.15) is 19.4 Å². The van der Waals surface area contributed by atoms with Gasteiger partial charge in [-0.05, 0) is 26.0 Å². The van der Waals surface area contributed by atoms with Crippen LogP contribution in [0.2, 0.25) is 0 Å². The van der Waals surface area contributed by atoms with Crippen molar-refractivity contribution in [2.24, 2.45) is 7.05 Å². The van der Waals surface area contributed by atoms with Gasteiger partial charge in [0.2, 0.25) is 5.88 Å². The molecular formula is C18H24N4O4. The Kier molecular flexibility index (Phi) is 4.67. The molecule has 0 unspecified atom stereocenters. The SMILES string of the molecule is COc1ccc2c(c1)OC(C)(C)CN(C(=O)Nc1cc(OC)nn1C)C2. The number of nitrogens with one attached hydrogen (secondary N) is 1. The molecule has 26 heavy (non-hydrogen) atoms. The first-order valence-corrected chi connectivity index (χ1v) is 8.31. The molecule has 0 fully saturated rings. The quantitative estimate of drug-likeness (QED) is 0.910. The van der Waals surface area contributed by atoms with Crippen LogP contribution in [-0.4, -0.2) is 47.1 Å². The molecule has 1 aliphatic rings. The zero-order chi connectivity index (χ0) is 18.9. The number of carbonyl (C=O) groups excluding carboxylic acids is 1. The van der Waals surface area contributed by atoms with E-state index in [-0.39, 0.29) is 6.03 Å². The minimum absolute atomic E-state index is 0.226. The van der Waals surface area contributed by atoms with Crippen molar-refractivity contribution in [3.63, 3.8) is 0 Å². The summed E-state index contributed by atoms with van der Waals surface area (Å²) in [6.07, 6.45) is 0. The second kappa shape index (κ2) is 6.78. The van der Waals surface area contributed by atoms with E-state index in [1.165, 1.54) is 7.11 Å². The van der Waals surface area contributed by atoms with Gasteiger partial charge in [0.25, 0.3) is 0 Å². The average molecular weight is 360 g/mol. The van der Waals surface area contributed by atoms with E-state index in [0.717, 1.165) is 17.1 Å². The summed E-state index contributed by atoms with van der Waals surface area (Å²) in [5.74, 6) is 2.45. The number of ether oxygens (including phenoxy) is 3. The third kappa shape index (κ3) is 3.68. The van der Waals surface area contributed by atoms with Crippen molar-refractivity contribution in [2.75, 3.05) is 26.1 Å². The fourth-order valence-electron chi connectivity index (χ4n) is 2.93. The van der Waals surface area contributed by atoms with E-state index in [9.17, 15) is 4.79 Å². The van der Waals surface area contributed by atoms with Crippen molar-refractivity contribution in [1.82, 2.24) is 14.7 Å². The topological polar surface area (TPSA) is 77.8 Å². The summed E-state index contributed by atoms with van der Waals surface area (Å²) in [4.78, 5) is 14.6.